The van der Waals surface area contributed by atoms with Crippen LogP contribution < -0.4 is 10.5 Å². The van der Waals surface area contributed by atoms with E-state index in [-0.39, 0.29) is 10.3 Å². The van der Waals surface area contributed by atoms with Crippen molar-refractivity contribution in [2.75, 3.05) is 6.54 Å². The molecule has 1 aromatic heterocycles. The Morgan fingerprint density at radius 1 is 1.35 bits per heavy atom. The highest BCUT2D eigenvalue weighted by molar-refractivity contribution is 7.89. The molecule has 0 radical (unpaired) electrons. The van der Waals surface area contributed by atoms with Gasteiger partial charge in [-0.05, 0) is 17.9 Å². The number of nitrogens with one attached hydrogen (secondary N) is 2. The van der Waals surface area contributed by atoms with Gasteiger partial charge in [0.05, 0.1) is 4.90 Å². The van der Waals surface area contributed by atoms with E-state index in [4.69, 9.17) is 5.73 Å². The summed E-state index contributed by atoms with van der Waals surface area (Å²) in [6.45, 7) is 7.10. The standard InChI is InChI=1S/C14H27N3O2S/c1-4-5-6-7-14(2,3)11-17-20(18,19)13-8-12(9-15)16-10-13/h8,10,16-17H,4-7,9,11,15H2,1-3H3. The van der Waals surface area contributed by atoms with Gasteiger partial charge in [-0.3, -0.25) is 0 Å². The van der Waals surface area contributed by atoms with Gasteiger partial charge in [-0.25, -0.2) is 13.1 Å². The molecule has 0 saturated carbocycles. The van der Waals surface area contributed by atoms with Crippen molar-refractivity contribution in [1.82, 2.24) is 9.71 Å². The van der Waals surface area contributed by atoms with Crippen LogP contribution in [0.3, 0.4) is 0 Å². The fraction of sp³-hybridized carbons (Fsp3) is 0.714. The maximum atomic E-state index is 12.2. The molecule has 0 spiro atoms. The molecule has 5 nitrogen and oxygen atoms in total. The lowest BCUT2D eigenvalue weighted by Gasteiger charge is -2.24. The first kappa shape index (κ1) is 17.2. The highest BCUT2D eigenvalue weighted by Crippen LogP contribution is 2.23. The average Bonchev–Trinajstić information content (AvgIpc) is 2.86. The number of nitrogens with two attached hydrogens (primary N) is 1. The van der Waals surface area contributed by atoms with Crippen LogP contribution in [0.15, 0.2) is 17.2 Å². The lowest BCUT2D eigenvalue weighted by Crippen LogP contribution is -2.33. The topological polar surface area (TPSA) is 88.0 Å². The van der Waals surface area contributed by atoms with Crippen molar-refractivity contribution < 1.29 is 8.42 Å². The Labute approximate surface area is 122 Å². The van der Waals surface area contributed by atoms with E-state index in [1.54, 1.807) is 6.07 Å². The van der Waals surface area contributed by atoms with Crippen molar-refractivity contribution in [3.8, 4) is 0 Å². The van der Waals surface area contributed by atoms with Crippen LogP contribution in [0.2, 0.25) is 0 Å². The summed E-state index contributed by atoms with van der Waals surface area (Å²) in [5.74, 6) is 0. The lowest BCUT2D eigenvalue weighted by molar-refractivity contribution is 0.320. The molecule has 0 bridgehead atoms. The molecule has 4 N–H and O–H groups in total. The van der Waals surface area contributed by atoms with E-state index in [9.17, 15) is 8.42 Å². The zero-order chi connectivity index (χ0) is 15.2. The summed E-state index contributed by atoms with van der Waals surface area (Å²) in [5.41, 5.74) is 6.15. The zero-order valence-corrected chi connectivity index (χ0v) is 13.5. The van der Waals surface area contributed by atoms with Crippen molar-refractivity contribution in [1.29, 1.82) is 0 Å². The van der Waals surface area contributed by atoms with Gasteiger partial charge >= 0.3 is 0 Å². The van der Waals surface area contributed by atoms with Crippen LogP contribution in [0.4, 0.5) is 0 Å². The molecule has 0 aliphatic carbocycles. The molecule has 0 aliphatic heterocycles. The summed E-state index contributed by atoms with van der Waals surface area (Å²) in [5, 5.41) is 0. The minimum atomic E-state index is -3.45. The van der Waals surface area contributed by atoms with Crippen LogP contribution in [0.1, 0.15) is 52.1 Å². The van der Waals surface area contributed by atoms with Crippen molar-refractivity contribution >= 4 is 10.0 Å². The number of aromatic amines is 1. The first-order valence-electron chi connectivity index (χ1n) is 7.18. The van der Waals surface area contributed by atoms with Crippen LogP contribution in [0.25, 0.3) is 0 Å². The molecule has 0 aromatic carbocycles. The molecule has 20 heavy (non-hydrogen) atoms. The van der Waals surface area contributed by atoms with E-state index >= 15 is 0 Å². The lowest BCUT2D eigenvalue weighted by atomic mass is 9.87. The van der Waals surface area contributed by atoms with Gasteiger partial charge in [0.15, 0.2) is 0 Å². The fourth-order valence-corrected chi connectivity index (χ4v) is 3.27. The normalized spacial score (nSPS) is 12.8. The highest BCUT2D eigenvalue weighted by atomic mass is 32.2. The Bertz CT molecular complexity index is 506. The summed E-state index contributed by atoms with van der Waals surface area (Å²) in [7, 11) is -3.45. The SMILES string of the molecule is CCCCCC(C)(C)CNS(=O)(=O)c1c[nH]c(CN)c1. The third-order valence-corrected chi connectivity index (χ3v) is 4.83. The second kappa shape index (κ2) is 7.24. The Balaban J connectivity index is 2.58. The summed E-state index contributed by atoms with van der Waals surface area (Å²) >= 11 is 0. The van der Waals surface area contributed by atoms with E-state index < -0.39 is 10.0 Å². The maximum Gasteiger partial charge on any atom is 0.242 e. The number of rotatable bonds is 9. The van der Waals surface area contributed by atoms with E-state index in [1.165, 1.54) is 19.0 Å². The maximum absolute atomic E-state index is 12.2. The van der Waals surface area contributed by atoms with E-state index in [1.807, 2.05) is 0 Å². The van der Waals surface area contributed by atoms with Crippen LogP contribution >= 0.6 is 0 Å². The Kier molecular flexibility index (Phi) is 6.23. The summed E-state index contributed by atoms with van der Waals surface area (Å²) in [6.07, 6.45) is 5.99. The van der Waals surface area contributed by atoms with Gasteiger partial charge in [-0.1, -0.05) is 40.0 Å². The van der Waals surface area contributed by atoms with Gasteiger partial charge in [0, 0.05) is 25.0 Å². The van der Waals surface area contributed by atoms with Crippen molar-refractivity contribution in [2.24, 2.45) is 11.1 Å². The molecular formula is C14H27N3O2S. The van der Waals surface area contributed by atoms with Crippen LogP contribution in [-0.2, 0) is 16.6 Å². The molecule has 0 aliphatic rings. The first-order chi connectivity index (χ1) is 9.30. The number of unbranched alkanes of at least 4 members (excludes halogenated alkanes) is 2. The van der Waals surface area contributed by atoms with Gasteiger partial charge in [-0.15, -0.1) is 0 Å². The quantitative estimate of drug-likeness (QED) is 0.612. The predicted octanol–water partition coefficient (Wildman–Crippen LogP) is 2.36. The number of hydrogen-bond acceptors (Lipinski definition) is 3. The minimum absolute atomic E-state index is 0.0325. The third-order valence-electron chi connectivity index (χ3n) is 3.44. The van der Waals surface area contributed by atoms with Crippen LogP contribution in [0.5, 0.6) is 0 Å². The van der Waals surface area contributed by atoms with Gasteiger partial charge in [-0.2, -0.15) is 0 Å². The predicted molar refractivity (Wildman–Crippen MR) is 81.8 cm³/mol. The highest BCUT2D eigenvalue weighted by Gasteiger charge is 2.22. The van der Waals surface area contributed by atoms with Crippen molar-refractivity contribution in [2.45, 2.75) is 57.9 Å². The molecular weight excluding hydrogens is 274 g/mol. The molecule has 1 rings (SSSR count). The van der Waals surface area contributed by atoms with Gasteiger partial charge < -0.3 is 10.7 Å². The smallest absolute Gasteiger partial charge is 0.242 e. The zero-order valence-electron chi connectivity index (χ0n) is 12.7. The first-order valence-corrected chi connectivity index (χ1v) is 8.66. The van der Waals surface area contributed by atoms with Crippen molar-refractivity contribution in [3.63, 3.8) is 0 Å². The summed E-state index contributed by atoms with van der Waals surface area (Å²) < 4.78 is 27.0. The van der Waals surface area contributed by atoms with E-state index in [0.717, 1.165) is 12.8 Å². The van der Waals surface area contributed by atoms with Crippen molar-refractivity contribution in [3.05, 3.63) is 18.0 Å². The Morgan fingerprint density at radius 2 is 2.05 bits per heavy atom. The molecule has 6 heteroatoms. The molecule has 0 atom stereocenters. The monoisotopic (exact) mass is 301 g/mol. The molecule has 1 heterocycles. The van der Waals surface area contributed by atoms with Gasteiger partial charge in [0.2, 0.25) is 10.0 Å². The summed E-state index contributed by atoms with van der Waals surface area (Å²) in [6, 6.07) is 1.58. The van der Waals surface area contributed by atoms with E-state index in [0.29, 0.717) is 18.8 Å². The fourth-order valence-electron chi connectivity index (χ4n) is 2.01. The Hall–Kier alpha value is -0.850. The second-order valence-corrected chi connectivity index (χ2v) is 7.78. The van der Waals surface area contributed by atoms with Crippen LogP contribution in [-0.4, -0.2) is 19.9 Å². The molecule has 0 saturated heterocycles. The number of H-pyrrole nitrogens is 1. The molecule has 116 valence electrons. The molecule has 0 fully saturated rings. The minimum Gasteiger partial charge on any atom is -0.363 e. The number of aromatic nitrogens is 1. The summed E-state index contributed by atoms with van der Waals surface area (Å²) in [4.78, 5) is 3.11. The average molecular weight is 301 g/mol. The number of hydrogen-bond donors (Lipinski definition) is 3. The Morgan fingerprint density at radius 3 is 2.60 bits per heavy atom. The number of sulfonamides is 1. The molecule has 0 amide bonds. The second-order valence-electron chi connectivity index (χ2n) is 6.01. The van der Waals surface area contributed by atoms with Gasteiger partial charge in [0.1, 0.15) is 0 Å². The molecule has 0 unspecified atom stereocenters. The van der Waals surface area contributed by atoms with Gasteiger partial charge in [0.25, 0.3) is 0 Å². The third kappa shape index (κ3) is 5.26. The molecule has 1 aromatic rings. The van der Waals surface area contributed by atoms with Crippen LogP contribution in [0, 0.1) is 5.41 Å². The van der Waals surface area contributed by atoms with E-state index in [2.05, 4.69) is 30.5 Å². The largest absolute Gasteiger partial charge is 0.363 e.